The zero-order valence-electron chi connectivity index (χ0n) is 12.5. The number of ether oxygens (including phenoxy) is 2. The molecule has 0 aliphatic carbocycles. The van der Waals surface area contributed by atoms with E-state index in [1.165, 1.54) is 0 Å². The van der Waals surface area contributed by atoms with Gasteiger partial charge < -0.3 is 14.8 Å². The van der Waals surface area contributed by atoms with Crippen molar-refractivity contribution in [2.45, 2.75) is 26.8 Å². The van der Waals surface area contributed by atoms with Crippen molar-refractivity contribution in [2.75, 3.05) is 25.6 Å². The number of nitrogens with one attached hydrogen (secondary N) is 1. The van der Waals surface area contributed by atoms with Gasteiger partial charge in [-0.1, -0.05) is 25.2 Å². The first kappa shape index (κ1) is 15.1. The number of thiazole rings is 1. The van der Waals surface area contributed by atoms with Gasteiger partial charge in [-0.15, -0.1) is 0 Å². The van der Waals surface area contributed by atoms with E-state index in [9.17, 15) is 0 Å². The van der Waals surface area contributed by atoms with Crippen LogP contribution in [0.4, 0.5) is 5.13 Å². The van der Waals surface area contributed by atoms with E-state index in [2.05, 4.69) is 24.1 Å². The highest BCUT2D eigenvalue weighted by Crippen LogP contribution is 2.30. The molecule has 2 rings (SSSR count). The highest BCUT2D eigenvalue weighted by Gasteiger charge is 2.15. The molecule has 1 atom stereocenters. The smallest absolute Gasteiger partial charge is 0.184 e. The van der Waals surface area contributed by atoms with Gasteiger partial charge in [-0.2, -0.15) is 0 Å². The third-order valence-corrected chi connectivity index (χ3v) is 4.16. The quantitative estimate of drug-likeness (QED) is 0.844. The largest absolute Gasteiger partial charge is 0.497 e. The Morgan fingerprint density at radius 2 is 2.15 bits per heavy atom. The van der Waals surface area contributed by atoms with Crippen LogP contribution < -0.4 is 10.1 Å². The average molecular weight is 294 g/mol. The highest BCUT2D eigenvalue weighted by molar-refractivity contribution is 7.22. The number of fused-ring (bicyclic) bond motifs is 1. The van der Waals surface area contributed by atoms with Gasteiger partial charge in [-0.05, 0) is 31.0 Å². The molecule has 0 radical (unpaired) electrons. The lowest BCUT2D eigenvalue weighted by Gasteiger charge is -2.21. The summed E-state index contributed by atoms with van der Waals surface area (Å²) in [6.45, 7) is 7.83. The van der Waals surface area contributed by atoms with E-state index in [1.807, 2.05) is 25.1 Å². The van der Waals surface area contributed by atoms with Crippen LogP contribution in [-0.2, 0) is 4.74 Å². The van der Waals surface area contributed by atoms with E-state index in [0.717, 1.165) is 27.7 Å². The number of aromatic nitrogens is 1. The van der Waals surface area contributed by atoms with Crippen LogP contribution in [0.5, 0.6) is 5.75 Å². The fourth-order valence-corrected chi connectivity index (χ4v) is 2.85. The molecule has 2 aromatic rings. The lowest BCUT2D eigenvalue weighted by atomic mass is 10.1. The van der Waals surface area contributed by atoms with Crippen LogP contribution in [0, 0.1) is 5.92 Å². The summed E-state index contributed by atoms with van der Waals surface area (Å²) in [5, 5.41) is 4.42. The van der Waals surface area contributed by atoms with E-state index in [0.29, 0.717) is 12.5 Å². The predicted molar refractivity (Wildman–Crippen MR) is 84.9 cm³/mol. The van der Waals surface area contributed by atoms with Gasteiger partial charge in [0.25, 0.3) is 0 Å². The Balaban J connectivity index is 2.15. The zero-order valence-corrected chi connectivity index (χ0v) is 13.3. The Morgan fingerprint density at radius 1 is 1.35 bits per heavy atom. The number of rotatable bonds is 7. The number of hydrogen-bond acceptors (Lipinski definition) is 5. The van der Waals surface area contributed by atoms with Crippen LogP contribution in [-0.4, -0.2) is 31.3 Å². The van der Waals surface area contributed by atoms with Gasteiger partial charge >= 0.3 is 0 Å². The summed E-state index contributed by atoms with van der Waals surface area (Å²) >= 11 is 1.65. The zero-order chi connectivity index (χ0) is 14.5. The van der Waals surface area contributed by atoms with Gasteiger partial charge in [-0.25, -0.2) is 4.98 Å². The molecule has 0 saturated carbocycles. The molecular weight excluding hydrogens is 272 g/mol. The minimum Gasteiger partial charge on any atom is -0.497 e. The summed E-state index contributed by atoms with van der Waals surface area (Å²) in [4.78, 5) is 4.61. The van der Waals surface area contributed by atoms with E-state index in [-0.39, 0.29) is 6.04 Å². The number of anilines is 1. The molecule has 1 N–H and O–H groups in total. The van der Waals surface area contributed by atoms with Crippen molar-refractivity contribution in [1.82, 2.24) is 4.98 Å². The fraction of sp³-hybridized carbons (Fsp3) is 0.533. The van der Waals surface area contributed by atoms with E-state index in [1.54, 1.807) is 18.4 Å². The van der Waals surface area contributed by atoms with Crippen molar-refractivity contribution >= 4 is 26.7 Å². The van der Waals surface area contributed by atoms with Crippen molar-refractivity contribution in [2.24, 2.45) is 5.92 Å². The number of methoxy groups -OCH3 is 1. The van der Waals surface area contributed by atoms with E-state index < -0.39 is 0 Å². The Bertz CT molecular complexity index is 554. The summed E-state index contributed by atoms with van der Waals surface area (Å²) in [6.07, 6.45) is 0. The van der Waals surface area contributed by atoms with Gasteiger partial charge in [0.05, 0.1) is 30.0 Å². The summed E-state index contributed by atoms with van der Waals surface area (Å²) in [5.41, 5.74) is 0.997. The van der Waals surface area contributed by atoms with Crippen LogP contribution in [0.2, 0.25) is 0 Å². The van der Waals surface area contributed by atoms with Crippen LogP contribution in [0.25, 0.3) is 10.2 Å². The summed E-state index contributed by atoms with van der Waals surface area (Å²) in [7, 11) is 1.68. The van der Waals surface area contributed by atoms with Gasteiger partial charge in [0.15, 0.2) is 5.13 Å². The van der Waals surface area contributed by atoms with Crippen LogP contribution in [0.15, 0.2) is 18.2 Å². The van der Waals surface area contributed by atoms with E-state index >= 15 is 0 Å². The molecule has 0 saturated heterocycles. The Morgan fingerprint density at radius 3 is 2.80 bits per heavy atom. The predicted octanol–water partition coefficient (Wildman–Crippen LogP) is 3.78. The number of hydrogen-bond donors (Lipinski definition) is 1. The van der Waals surface area contributed by atoms with Gasteiger partial charge in [0.2, 0.25) is 0 Å². The molecule has 20 heavy (non-hydrogen) atoms. The molecule has 1 aromatic carbocycles. The van der Waals surface area contributed by atoms with Gasteiger partial charge in [-0.3, -0.25) is 0 Å². The molecular formula is C15H22N2O2S. The second kappa shape index (κ2) is 6.90. The SMILES string of the molecule is CCOCC(Nc1nc2ccc(OC)cc2s1)C(C)C. The van der Waals surface area contributed by atoms with Gasteiger partial charge in [0, 0.05) is 6.61 Å². The first-order chi connectivity index (χ1) is 9.63. The maximum atomic E-state index is 5.53. The Hall–Kier alpha value is -1.33. The molecule has 4 nitrogen and oxygen atoms in total. The minimum absolute atomic E-state index is 0.275. The molecule has 1 unspecified atom stereocenters. The molecule has 0 amide bonds. The summed E-state index contributed by atoms with van der Waals surface area (Å²) in [5.74, 6) is 1.35. The molecule has 1 heterocycles. The third kappa shape index (κ3) is 3.61. The average Bonchev–Trinajstić information content (AvgIpc) is 2.84. The third-order valence-electron chi connectivity index (χ3n) is 3.21. The molecule has 110 valence electrons. The standard InChI is InChI=1S/C15H22N2O2S/c1-5-19-9-13(10(2)3)17-15-16-12-7-6-11(18-4)8-14(12)20-15/h6-8,10,13H,5,9H2,1-4H3,(H,16,17). The lowest BCUT2D eigenvalue weighted by Crippen LogP contribution is -2.30. The molecule has 0 fully saturated rings. The van der Waals surface area contributed by atoms with Crippen LogP contribution in [0.3, 0.4) is 0 Å². The van der Waals surface area contributed by atoms with Crippen LogP contribution in [0.1, 0.15) is 20.8 Å². The molecule has 0 aliphatic heterocycles. The molecule has 5 heteroatoms. The first-order valence-corrected chi connectivity index (χ1v) is 7.74. The topological polar surface area (TPSA) is 43.4 Å². The first-order valence-electron chi connectivity index (χ1n) is 6.93. The Kier molecular flexibility index (Phi) is 5.20. The lowest BCUT2D eigenvalue weighted by molar-refractivity contribution is 0.127. The molecule has 0 bridgehead atoms. The van der Waals surface area contributed by atoms with Crippen molar-refractivity contribution in [3.8, 4) is 5.75 Å². The van der Waals surface area contributed by atoms with E-state index in [4.69, 9.17) is 9.47 Å². The molecule has 0 spiro atoms. The van der Waals surface area contributed by atoms with Crippen molar-refractivity contribution in [3.63, 3.8) is 0 Å². The maximum Gasteiger partial charge on any atom is 0.184 e. The number of benzene rings is 1. The second-order valence-electron chi connectivity index (χ2n) is 5.01. The van der Waals surface area contributed by atoms with Crippen molar-refractivity contribution in [1.29, 1.82) is 0 Å². The normalized spacial score (nSPS) is 12.8. The van der Waals surface area contributed by atoms with Crippen molar-refractivity contribution in [3.05, 3.63) is 18.2 Å². The maximum absolute atomic E-state index is 5.53. The number of nitrogens with zero attached hydrogens (tertiary/aromatic N) is 1. The van der Waals surface area contributed by atoms with Crippen molar-refractivity contribution < 1.29 is 9.47 Å². The molecule has 1 aromatic heterocycles. The highest BCUT2D eigenvalue weighted by atomic mass is 32.1. The fourth-order valence-electron chi connectivity index (χ4n) is 1.90. The molecule has 0 aliphatic rings. The van der Waals surface area contributed by atoms with Gasteiger partial charge in [0.1, 0.15) is 5.75 Å². The Labute approximate surface area is 124 Å². The summed E-state index contributed by atoms with van der Waals surface area (Å²) < 4.78 is 11.9. The summed E-state index contributed by atoms with van der Waals surface area (Å²) in [6, 6.07) is 6.22. The second-order valence-corrected chi connectivity index (χ2v) is 6.04. The minimum atomic E-state index is 0.275. The van der Waals surface area contributed by atoms with Crippen LogP contribution >= 0.6 is 11.3 Å². The monoisotopic (exact) mass is 294 g/mol.